The van der Waals surface area contributed by atoms with Crippen molar-refractivity contribution in [1.82, 2.24) is 19.2 Å². The second kappa shape index (κ2) is 7.14. The molecule has 2 saturated heterocycles. The number of para-hydroxylation sites is 1. The van der Waals surface area contributed by atoms with Crippen molar-refractivity contribution in [2.45, 2.75) is 37.7 Å². The summed E-state index contributed by atoms with van der Waals surface area (Å²) in [6.45, 7) is 4.05. The van der Waals surface area contributed by atoms with E-state index in [1.807, 2.05) is 30.3 Å². The van der Waals surface area contributed by atoms with Gasteiger partial charge in [-0.15, -0.1) is 0 Å². The molecule has 0 spiro atoms. The molecule has 2 aromatic rings. The SMILES string of the molecule is Cn1nc(C2CCN(CC3CCCO3)CC2)n(-c2ccccc2)c1=O. The summed E-state index contributed by atoms with van der Waals surface area (Å²) < 4.78 is 9.00. The lowest BCUT2D eigenvalue weighted by Crippen LogP contribution is -2.38. The summed E-state index contributed by atoms with van der Waals surface area (Å²) in [5.74, 6) is 1.23. The number of benzene rings is 1. The molecule has 0 N–H and O–H groups in total. The number of likely N-dealkylation sites (tertiary alicyclic amines) is 1. The van der Waals surface area contributed by atoms with Gasteiger partial charge < -0.3 is 9.64 Å². The zero-order valence-corrected chi connectivity index (χ0v) is 14.8. The first-order chi connectivity index (χ1) is 12.2. The van der Waals surface area contributed by atoms with E-state index in [-0.39, 0.29) is 5.69 Å². The fourth-order valence-corrected chi connectivity index (χ4v) is 4.02. The van der Waals surface area contributed by atoms with E-state index in [1.165, 1.54) is 17.5 Å². The highest BCUT2D eigenvalue weighted by atomic mass is 16.5. The third kappa shape index (κ3) is 3.41. The molecular formula is C19H26N4O2. The second-order valence-electron chi connectivity index (χ2n) is 7.15. The van der Waals surface area contributed by atoms with Crippen LogP contribution in [0.4, 0.5) is 0 Å². The van der Waals surface area contributed by atoms with Crippen molar-refractivity contribution in [2.24, 2.45) is 7.05 Å². The Labute approximate surface area is 148 Å². The molecule has 1 aromatic carbocycles. The monoisotopic (exact) mass is 342 g/mol. The van der Waals surface area contributed by atoms with Crippen molar-refractivity contribution in [3.05, 3.63) is 46.6 Å². The number of aromatic nitrogens is 3. The third-order valence-corrected chi connectivity index (χ3v) is 5.40. The highest BCUT2D eigenvalue weighted by Crippen LogP contribution is 2.28. The molecule has 0 bridgehead atoms. The zero-order chi connectivity index (χ0) is 17.2. The minimum atomic E-state index is -0.0667. The summed E-state index contributed by atoms with van der Waals surface area (Å²) in [4.78, 5) is 15.1. The number of piperidine rings is 1. The maximum absolute atomic E-state index is 12.6. The van der Waals surface area contributed by atoms with Crippen LogP contribution in [0.5, 0.6) is 0 Å². The predicted octanol–water partition coefficient (Wildman–Crippen LogP) is 1.93. The Hall–Kier alpha value is -1.92. The number of ether oxygens (including phenoxy) is 1. The molecule has 2 aliphatic rings. The summed E-state index contributed by atoms with van der Waals surface area (Å²) >= 11 is 0. The molecule has 2 fully saturated rings. The van der Waals surface area contributed by atoms with E-state index in [0.717, 1.165) is 50.6 Å². The van der Waals surface area contributed by atoms with Crippen LogP contribution in [-0.2, 0) is 11.8 Å². The van der Waals surface area contributed by atoms with Crippen molar-refractivity contribution in [1.29, 1.82) is 0 Å². The van der Waals surface area contributed by atoms with Crippen LogP contribution in [0.25, 0.3) is 5.69 Å². The van der Waals surface area contributed by atoms with Crippen LogP contribution in [-0.4, -0.2) is 51.6 Å². The third-order valence-electron chi connectivity index (χ3n) is 5.40. The fourth-order valence-electron chi connectivity index (χ4n) is 4.02. The lowest BCUT2D eigenvalue weighted by atomic mass is 9.95. The Morgan fingerprint density at radius 1 is 1.16 bits per heavy atom. The first-order valence-corrected chi connectivity index (χ1v) is 9.27. The molecular weight excluding hydrogens is 316 g/mol. The number of hydrogen-bond donors (Lipinski definition) is 0. The lowest BCUT2D eigenvalue weighted by molar-refractivity contribution is 0.0639. The van der Waals surface area contributed by atoms with Gasteiger partial charge in [0.2, 0.25) is 0 Å². The zero-order valence-electron chi connectivity index (χ0n) is 14.8. The van der Waals surface area contributed by atoms with Crippen LogP contribution < -0.4 is 5.69 Å². The first-order valence-electron chi connectivity index (χ1n) is 9.27. The highest BCUT2D eigenvalue weighted by molar-refractivity contribution is 5.32. The van der Waals surface area contributed by atoms with Crippen LogP contribution in [0.2, 0.25) is 0 Å². The van der Waals surface area contributed by atoms with E-state index in [1.54, 1.807) is 11.6 Å². The number of rotatable bonds is 4. The number of nitrogens with zero attached hydrogens (tertiary/aromatic N) is 4. The van der Waals surface area contributed by atoms with Gasteiger partial charge in [-0.25, -0.2) is 14.0 Å². The van der Waals surface area contributed by atoms with E-state index in [9.17, 15) is 4.79 Å². The van der Waals surface area contributed by atoms with Crippen LogP contribution in [0.15, 0.2) is 35.1 Å². The van der Waals surface area contributed by atoms with E-state index < -0.39 is 0 Å². The molecule has 1 unspecified atom stereocenters. The summed E-state index contributed by atoms with van der Waals surface area (Å²) in [5.41, 5.74) is 0.834. The van der Waals surface area contributed by atoms with Gasteiger partial charge in [0, 0.05) is 26.1 Å². The molecule has 0 amide bonds. The second-order valence-corrected chi connectivity index (χ2v) is 7.15. The topological polar surface area (TPSA) is 52.3 Å². The molecule has 1 aromatic heterocycles. The molecule has 3 heterocycles. The van der Waals surface area contributed by atoms with Crippen LogP contribution >= 0.6 is 0 Å². The van der Waals surface area contributed by atoms with Crippen molar-refractivity contribution < 1.29 is 4.74 Å². The Morgan fingerprint density at radius 2 is 1.92 bits per heavy atom. The molecule has 6 heteroatoms. The van der Waals surface area contributed by atoms with Gasteiger partial charge in [0.05, 0.1) is 11.8 Å². The Balaban J connectivity index is 1.50. The summed E-state index contributed by atoms with van der Waals surface area (Å²) in [6.07, 6.45) is 4.87. The number of hydrogen-bond acceptors (Lipinski definition) is 4. The predicted molar refractivity (Wildman–Crippen MR) is 96.2 cm³/mol. The maximum Gasteiger partial charge on any atom is 0.350 e. The Morgan fingerprint density at radius 3 is 2.60 bits per heavy atom. The van der Waals surface area contributed by atoms with Gasteiger partial charge in [-0.05, 0) is 50.9 Å². The lowest BCUT2D eigenvalue weighted by Gasteiger charge is -2.32. The van der Waals surface area contributed by atoms with Crippen LogP contribution in [0.3, 0.4) is 0 Å². The molecule has 4 rings (SSSR count). The van der Waals surface area contributed by atoms with E-state index in [2.05, 4.69) is 10.00 Å². The summed E-state index contributed by atoms with van der Waals surface area (Å²) in [6, 6.07) is 9.83. The summed E-state index contributed by atoms with van der Waals surface area (Å²) in [7, 11) is 1.73. The molecule has 25 heavy (non-hydrogen) atoms. The minimum Gasteiger partial charge on any atom is -0.377 e. The van der Waals surface area contributed by atoms with Gasteiger partial charge in [-0.3, -0.25) is 0 Å². The molecule has 0 radical (unpaired) electrons. The van der Waals surface area contributed by atoms with Crippen molar-refractivity contribution in [3.8, 4) is 5.69 Å². The normalized spacial score (nSPS) is 22.5. The quantitative estimate of drug-likeness (QED) is 0.852. The van der Waals surface area contributed by atoms with Crippen molar-refractivity contribution >= 4 is 0 Å². The first kappa shape index (κ1) is 16.5. The van der Waals surface area contributed by atoms with E-state index >= 15 is 0 Å². The molecule has 2 aliphatic heterocycles. The van der Waals surface area contributed by atoms with Gasteiger partial charge in [-0.1, -0.05) is 18.2 Å². The summed E-state index contributed by atoms with van der Waals surface area (Å²) in [5, 5.41) is 4.56. The fraction of sp³-hybridized carbons (Fsp3) is 0.579. The van der Waals surface area contributed by atoms with E-state index in [0.29, 0.717) is 12.0 Å². The van der Waals surface area contributed by atoms with Gasteiger partial charge >= 0.3 is 5.69 Å². The largest absolute Gasteiger partial charge is 0.377 e. The molecule has 0 aliphatic carbocycles. The van der Waals surface area contributed by atoms with Gasteiger partial charge in [-0.2, -0.15) is 5.10 Å². The maximum atomic E-state index is 12.6. The molecule has 134 valence electrons. The standard InChI is InChI=1S/C19H26N4O2/c1-21-19(24)23(16-6-3-2-4-7-16)18(20-21)15-9-11-22(12-10-15)14-17-8-5-13-25-17/h2-4,6-7,15,17H,5,8-14H2,1H3. The van der Waals surface area contributed by atoms with Gasteiger partial charge in [0.25, 0.3) is 0 Å². The van der Waals surface area contributed by atoms with Crippen molar-refractivity contribution in [3.63, 3.8) is 0 Å². The molecule has 0 saturated carbocycles. The Kier molecular flexibility index (Phi) is 4.72. The highest BCUT2D eigenvalue weighted by Gasteiger charge is 2.28. The smallest absolute Gasteiger partial charge is 0.350 e. The van der Waals surface area contributed by atoms with Crippen LogP contribution in [0, 0.1) is 0 Å². The average molecular weight is 342 g/mol. The number of aryl methyl sites for hydroxylation is 1. The van der Waals surface area contributed by atoms with Gasteiger partial charge in [0.1, 0.15) is 5.82 Å². The molecule has 6 nitrogen and oxygen atoms in total. The van der Waals surface area contributed by atoms with Crippen LogP contribution in [0.1, 0.15) is 37.4 Å². The average Bonchev–Trinajstić information content (AvgIpc) is 3.25. The Bertz CT molecular complexity index is 753. The minimum absolute atomic E-state index is 0.0667. The van der Waals surface area contributed by atoms with Gasteiger partial charge in [0.15, 0.2) is 0 Å². The van der Waals surface area contributed by atoms with E-state index in [4.69, 9.17) is 4.74 Å². The van der Waals surface area contributed by atoms with Crippen molar-refractivity contribution in [2.75, 3.05) is 26.2 Å². The molecule has 1 atom stereocenters.